The highest BCUT2D eigenvalue weighted by Gasteiger charge is 2.16. The van der Waals surface area contributed by atoms with Crippen LogP contribution in [0.25, 0.3) is 0 Å². The van der Waals surface area contributed by atoms with Crippen molar-refractivity contribution < 1.29 is 4.52 Å². The second-order valence-electron chi connectivity index (χ2n) is 5.72. The lowest BCUT2D eigenvalue weighted by atomic mass is 10.2. The van der Waals surface area contributed by atoms with E-state index < -0.39 is 8.15 Å². The van der Waals surface area contributed by atoms with Crippen LogP contribution in [-0.4, -0.2) is 13.1 Å². The molecule has 0 spiro atoms. The van der Waals surface area contributed by atoms with E-state index in [4.69, 9.17) is 4.52 Å². The van der Waals surface area contributed by atoms with Gasteiger partial charge in [-0.05, 0) is 38.1 Å². The van der Waals surface area contributed by atoms with Crippen LogP contribution in [0.1, 0.15) is 13.8 Å². The zero-order chi connectivity index (χ0) is 17.5. The Labute approximate surface area is 151 Å². The van der Waals surface area contributed by atoms with Crippen molar-refractivity contribution in [1.29, 1.82) is 0 Å². The van der Waals surface area contributed by atoms with Gasteiger partial charge >= 0.3 is 0 Å². The van der Waals surface area contributed by atoms with E-state index in [2.05, 4.69) is 91.5 Å². The lowest BCUT2D eigenvalue weighted by Gasteiger charge is -2.22. The molecule has 3 heteroatoms. The monoisotopic (exact) mass is 349 g/mol. The minimum Gasteiger partial charge on any atom is -0.464 e. The van der Waals surface area contributed by atoms with E-state index in [-0.39, 0.29) is 0 Å². The first kappa shape index (κ1) is 17.5. The first-order valence-electron chi connectivity index (χ1n) is 8.75. The third kappa shape index (κ3) is 4.41. The van der Waals surface area contributed by atoms with Crippen LogP contribution in [0.5, 0.6) is 5.75 Å². The van der Waals surface area contributed by atoms with Crippen LogP contribution in [0.4, 0.5) is 5.69 Å². The largest absolute Gasteiger partial charge is 0.464 e. The third-order valence-electron chi connectivity index (χ3n) is 4.14. The van der Waals surface area contributed by atoms with Crippen LogP contribution in [0.2, 0.25) is 0 Å². The van der Waals surface area contributed by atoms with Crippen molar-refractivity contribution in [2.45, 2.75) is 13.8 Å². The molecule has 3 aromatic carbocycles. The zero-order valence-corrected chi connectivity index (χ0v) is 15.7. The molecule has 3 aromatic rings. The fourth-order valence-corrected chi connectivity index (χ4v) is 4.52. The second kappa shape index (κ2) is 8.69. The summed E-state index contributed by atoms with van der Waals surface area (Å²) < 4.78 is 6.43. The Kier molecular flexibility index (Phi) is 6.09. The van der Waals surface area contributed by atoms with Crippen LogP contribution in [-0.2, 0) is 0 Å². The number of hydrogen-bond acceptors (Lipinski definition) is 2. The van der Waals surface area contributed by atoms with Crippen LogP contribution in [0.15, 0.2) is 84.9 Å². The Balaban J connectivity index is 1.86. The molecule has 0 amide bonds. The summed E-state index contributed by atoms with van der Waals surface area (Å²) in [5.74, 6) is 0.912. The summed E-state index contributed by atoms with van der Waals surface area (Å²) in [7, 11) is -0.873. The van der Waals surface area contributed by atoms with Gasteiger partial charge in [0.2, 0.25) is 0 Å². The second-order valence-corrected chi connectivity index (χ2v) is 7.53. The fraction of sp³-hybridized carbons (Fsp3) is 0.182. The van der Waals surface area contributed by atoms with Gasteiger partial charge in [0.15, 0.2) is 8.15 Å². The van der Waals surface area contributed by atoms with Gasteiger partial charge in [0, 0.05) is 29.4 Å². The number of nitrogens with zero attached hydrogens (tertiary/aromatic N) is 1. The van der Waals surface area contributed by atoms with Crippen molar-refractivity contribution in [2.24, 2.45) is 0 Å². The van der Waals surface area contributed by atoms with Crippen molar-refractivity contribution in [3.8, 4) is 5.75 Å². The van der Waals surface area contributed by atoms with Crippen molar-refractivity contribution >= 4 is 24.4 Å². The van der Waals surface area contributed by atoms with Crippen LogP contribution in [0, 0.1) is 0 Å². The molecule has 0 fully saturated rings. The molecule has 0 heterocycles. The first-order chi connectivity index (χ1) is 12.3. The molecule has 25 heavy (non-hydrogen) atoms. The van der Waals surface area contributed by atoms with E-state index in [1.54, 1.807) is 0 Å². The molecule has 0 aromatic heterocycles. The number of benzene rings is 3. The van der Waals surface area contributed by atoms with E-state index in [1.807, 2.05) is 12.1 Å². The number of rotatable bonds is 7. The number of hydrogen-bond donors (Lipinski definition) is 0. The summed E-state index contributed by atoms with van der Waals surface area (Å²) in [6.07, 6.45) is 0. The maximum Gasteiger partial charge on any atom is 0.150 e. The van der Waals surface area contributed by atoms with Crippen molar-refractivity contribution in [2.75, 3.05) is 18.0 Å². The molecule has 0 aliphatic rings. The van der Waals surface area contributed by atoms with Gasteiger partial charge < -0.3 is 9.42 Å². The van der Waals surface area contributed by atoms with Gasteiger partial charge in [-0.3, -0.25) is 0 Å². The molecule has 0 N–H and O–H groups in total. The van der Waals surface area contributed by atoms with Crippen LogP contribution in [0.3, 0.4) is 0 Å². The minimum atomic E-state index is -0.873. The molecule has 0 saturated heterocycles. The quantitative estimate of drug-likeness (QED) is 0.559. The highest BCUT2D eigenvalue weighted by molar-refractivity contribution is 7.68. The molecule has 0 unspecified atom stereocenters. The molecular formula is C22H24NOP. The number of anilines is 1. The average Bonchev–Trinajstić information content (AvgIpc) is 2.69. The smallest absolute Gasteiger partial charge is 0.150 e. The lowest BCUT2D eigenvalue weighted by molar-refractivity contribution is 0.629. The lowest BCUT2D eigenvalue weighted by Crippen LogP contribution is -2.21. The molecule has 2 nitrogen and oxygen atoms in total. The van der Waals surface area contributed by atoms with Crippen molar-refractivity contribution in [3.05, 3.63) is 84.9 Å². The summed E-state index contributed by atoms with van der Waals surface area (Å²) in [4.78, 5) is 2.33. The Hall–Kier alpha value is -2.31. The molecule has 128 valence electrons. The zero-order valence-electron chi connectivity index (χ0n) is 14.8. The van der Waals surface area contributed by atoms with Gasteiger partial charge in [-0.2, -0.15) is 0 Å². The normalized spacial score (nSPS) is 10.7. The molecule has 0 atom stereocenters. The Morgan fingerprint density at radius 1 is 0.680 bits per heavy atom. The topological polar surface area (TPSA) is 12.5 Å². The molecule has 3 rings (SSSR count). The summed E-state index contributed by atoms with van der Waals surface area (Å²) in [5, 5.41) is 2.44. The Bertz CT molecular complexity index is 716. The van der Waals surface area contributed by atoms with E-state index in [1.165, 1.54) is 16.3 Å². The van der Waals surface area contributed by atoms with Crippen LogP contribution >= 0.6 is 8.15 Å². The molecule has 0 radical (unpaired) electrons. The van der Waals surface area contributed by atoms with Gasteiger partial charge in [-0.25, -0.2) is 0 Å². The maximum atomic E-state index is 6.43. The highest BCUT2D eigenvalue weighted by atomic mass is 31.1. The minimum absolute atomic E-state index is 0.873. The summed E-state index contributed by atoms with van der Waals surface area (Å²) >= 11 is 0. The standard InChI is InChI=1S/C22H24NOP/c1-3-23(4-2)19-15-17-20(18-16-19)24-25(21-11-7-5-8-12-21)22-13-9-6-10-14-22/h5-18H,3-4H2,1-2H3. The van der Waals surface area contributed by atoms with Crippen molar-refractivity contribution in [3.63, 3.8) is 0 Å². The van der Waals surface area contributed by atoms with Gasteiger partial charge in [0.05, 0.1) is 0 Å². The summed E-state index contributed by atoms with van der Waals surface area (Å²) in [6.45, 7) is 6.38. The summed E-state index contributed by atoms with van der Waals surface area (Å²) in [5.41, 5.74) is 1.24. The highest BCUT2D eigenvalue weighted by Crippen LogP contribution is 2.37. The molecular weight excluding hydrogens is 325 g/mol. The van der Waals surface area contributed by atoms with E-state index in [0.717, 1.165) is 18.8 Å². The molecule has 0 saturated carbocycles. The third-order valence-corrected chi connectivity index (χ3v) is 6.07. The Morgan fingerprint density at radius 3 is 1.60 bits per heavy atom. The van der Waals surface area contributed by atoms with Gasteiger partial charge in [-0.15, -0.1) is 0 Å². The summed E-state index contributed by atoms with van der Waals surface area (Å²) in [6, 6.07) is 29.4. The Morgan fingerprint density at radius 2 is 1.16 bits per heavy atom. The maximum absolute atomic E-state index is 6.43. The fourth-order valence-electron chi connectivity index (χ4n) is 2.79. The van der Waals surface area contributed by atoms with Crippen molar-refractivity contribution in [1.82, 2.24) is 0 Å². The van der Waals surface area contributed by atoms with E-state index in [0.29, 0.717) is 0 Å². The van der Waals surface area contributed by atoms with Gasteiger partial charge in [0.1, 0.15) is 5.75 Å². The van der Waals surface area contributed by atoms with Crippen LogP contribution < -0.4 is 20.0 Å². The molecule has 0 aliphatic carbocycles. The predicted octanol–water partition coefficient (Wildman–Crippen LogP) is 4.96. The first-order valence-corrected chi connectivity index (χ1v) is 10.0. The predicted molar refractivity (Wildman–Crippen MR) is 110 cm³/mol. The SMILES string of the molecule is CCN(CC)c1ccc(OP(c2ccccc2)c2ccccc2)cc1. The van der Waals surface area contributed by atoms with E-state index >= 15 is 0 Å². The molecule has 0 aliphatic heterocycles. The molecule has 0 bridgehead atoms. The van der Waals surface area contributed by atoms with Gasteiger partial charge in [-0.1, -0.05) is 60.7 Å². The van der Waals surface area contributed by atoms with Gasteiger partial charge in [0.25, 0.3) is 0 Å². The van der Waals surface area contributed by atoms with E-state index in [9.17, 15) is 0 Å². The average molecular weight is 349 g/mol.